The lowest BCUT2D eigenvalue weighted by molar-refractivity contribution is 0.0197. The van der Waals surface area contributed by atoms with Crippen molar-refractivity contribution in [3.05, 3.63) is 110 Å². The summed E-state index contributed by atoms with van der Waals surface area (Å²) in [5.74, 6) is -1.56. The molecule has 0 saturated carbocycles. The molecular weight excluding hydrogens is 605 g/mol. The van der Waals surface area contributed by atoms with E-state index in [-0.39, 0.29) is 41.8 Å². The molecule has 13 nitrogen and oxygen atoms in total. The zero-order valence-corrected chi connectivity index (χ0v) is 24.3. The highest BCUT2D eigenvalue weighted by Crippen LogP contribution is 2.42. The molecule has 2 aromatic heterocycles. The van der Waals surface area contributed by atoms with Crippen molar-refractivity contribution in [2.24, 2.45) is 0 Å². The first-order valence-corrected chi connectivity index (χ1v) is 14.3. The van der Waals surface area contributed by atoms with Crippen molar-refractivity contribution in [1.82, 2.24) is 14.5 Å². The Morgan fingerprint density at radius 1 is 0.978 bits per heavy atom. The first kappa shape index (κ1) is 32.1. The molecule has 2 aliphatic rings. The molecule has 0 bridgehead atoms. The normalized spacial score (nSPS) is 18.5. The molecule has 1 unspecified atom stereocenters. The SMILES string of the molecule is O=c1[nH]c(=O)n(C2CCCO2)cc1F.OCc1c[nH]c2ccccc12.Oc1cc(O)c2c(c1)O[C@H](c1ccc(O)c(O)c1)[C@@H](O)C2. The third-order valence-electron chi connectivity index (χ3n) is 7.50. The summed E-state index contributed by atoms with van der Waals surface area (Å²) < 4.78 is 24.7. The van der Waals surface area contributed by atoms with Gasteiger partial charge in [0.25, 0.3) is 5.56 Å². The number of ether oxygens (including phenoxy) is 2. The van der Waals surface area contributed by atoms with E-state index in [0.717, 1.165) is 33.7 Å². The Morgan fingerprint density at radius 2 is 1.76 bits per heavy atom. The van der Waals surface area contributed by atoms with E-state index < -0.39 is 35.5 Å². The number of hydrogen-bond donors (Lipinski definition) is 8. The Bertz CT molecular complexity index is 1950. The molecule has 3 aromatic carbocycles. The van der Waals surface area contributed by atoms with Crippen molar-refractivity contribution in [1.29, 1.82) is 0 Å². The molecule has 5 aromatic rings. The molecule has 14 heteroatoms. The molecule has 0 radical (unpaired) electrons. The number of hydrogen-bond acceptors (Lipinski definition) is 10. The summed E-state index contributed by atoms with van der Waals surface area (Å²) in [7, 11) is 0. The van der Waals surface area contributed by atoms with E-state index in [1.54, 1.807) is 0 Å². The standard InChI is InChI=1S/C15H14O6.C9H9NO.C8H9FN2O3/c16-8-4-11(18)9-6-13(20)15(21-14(9)5-8)7-1-2-10(17)12(19)3-7;11-6-7-5-10-9-4-2-1-3-8(7)9;9-5-4-11(6-2-1-3-14-6)8(13)10-7(5)12/h1-5,13,15-20H,6H2;1-5,10-11H,6H2;4,6H,1-3H2,(H,10,12,13)/t13-,15+;;/m0../s1. The Labute approximate surface area is 260 Å². The van der Waals surface area contributed by atoms with Gasteiger partial charge in [0.2, 0.25) is 5.82 Å². The van der Waals surface area contributed by atoms with Gasteiger partial charge in [0.05, 0.1) is 18.9 Å². The van der Waals surface area contributed by atoms with Crippen molar-refractivity contribution < 1.29 is 44.5 Å². The Morgan fingerprint density at radius 3 is 2.48 bits per heavy atom. The van der Waals surface area contributed by atoms with Crippen LogP contribution in [-0.4, -0.2) is 57.9 Å². The molecule has 0 aliphatic carbocycles. The van der Waals surface area contributed by atoms with Gasteiger partial charge in [-0.15, -0.1) is 0 Å². The van der Waals surface area contributed by atoms with E-state index in [9.17, 15) is 39.5 Å². The first-order chi connectivity index (χ1) is 22.0. The maximum absolute atomic E-state index is 12.9. The van der Waals surface area contributed by atoms with Crippen LogP contribution in [0.25, 0.3) is 10.9 Å². The Hall–Kier alpha value is -5.31. The Balaban J connectivity index is 0.000000144. The van der Waals surface area contributed by atoms with Gasteiger partial charge in [0, 0.05) is 53.4 Å². The van der Waals surface area contributed by atoms with Gasteiger partial charge in [-0.05, 0) is 36.6 Å². The summed E-state index contributed by atoms with van der Waals surface area (Å²) >= 11 is 0. The number of fused-ring (bicyclic) bond motifs is 2. The average molecular weight is 638 g/mol. The number of aromatic hydroxyl groups is 4. The lowest BCUT2D eigenvalue weighted by Crippen LogP contribution is -2.33. The highest BCUT2D eigenvalue weighted by atomic mass is 19.1. The fourth-order valence-electron chi connectivity index (χ4n) is 5.18. The molecule has 1 saturated heterocycles. The van der Waals surface area contributed by atoms with Gasteiger partial charge < -0.3 is 45.1 Å². The monoisotopic (exact) mass is 637 g/mol. The number of aliphatic hydroxyl groups is 2. The number of halogens is 1. The zero-order chi connectivity index (χ0) is 33.0. The van der Waals surface area contributed by atoms with Crippen molar-refractivity contribution in [3.8, 4) is 28.7 Å². The molecule has 242 valence electrons. The largest absolute Gasteiger partial charge is 0.508 e. The number of aromatic nitrogens is 3. The molecule has 1 fully saturated rings. The summed E-state index contributed by atoms with van der Waals surface area (Å²) in [6.45, 7) is 0.655. The van der Waals surface area contributed by atoms with Crippen LogP contribution in [0.5, 0.6) is 28.7 Å². The van der Waals surface area contributed by atoms with Crippen LogP contribution in [0.3, 0.4) is 0 Å². The molecule has 2 aliphatic heterocycles. The van der Waals surface area contributed by atoms with Crippen LogP contribution in [0.1, 0.15) is 41.9 Å². The van der Waals surface area contributed by atoms with Crippen molar-refractivity contribution >= 4 is 10.9 Å². The smallest absolute Gasteiger partial charge is 0.330 e. The van der Waals surface area contributed by atoms with E-state index in [4.69, 9.17) is 14.6 Å². The van der Waals surface area contributed by atoms with Crippen LogP contribution in [0, 0.1) is 5.82 Å². The third kappa shape index (κ3) is 6.99. The lowest BCUT2D eigenvalue weighted by Gasteiger charge is -2.31. The van der Waals surface area contributed by atoms with Crippen molar-refractivity contribution in [2.45, 2.75) is 44.3 Å². The van der Waals surface area contributed by atoms with Gasteiger partial charge in [-0.2, -0.15) is 4.39 Å². The fraction of sp³-hybridized carbons (Fsp3) is 0.250. The number of nitrogens with zero attached hydrogens (tertiary/aromatic N) is 1. The first-order valence-electron chi connectivity index (χ1n) is 14.3. The molecule has 4 heterocycles. The van der Waals surface area contributed by atoms with Crippen LogP contribution in [0.2, 0.25) is 0 Å². The number of para-hydroxylation sites is 1. The van der Waals surface area contributed by atoms with Crippen molar-refractivity contribution in [3.63, 3.8) is 0 Å². The molecular formula is C32H32FN3O10. The van der Waals surface area contributed by atoms with Gasteiger partial charge in [-0.3, -0.25) is 14.3 Å². The minimum atomic E-state index is -0.996. The summed E-state index contributed by atoms with van der Waals surface area (Å²) in [6, 6.07) is 14.6. The molecule has 8 N–H and O–H groups in total. The summed E-state index contributed by atoms with van der Waals surface area (Å²) in [5, 5.41) is 58.3. The van der Waals surface area contributed by atoms with Gasteiger partial charge in [-0.25, -0.2) is 4.79 Å². The fourth-order valence-corrected chi connectivity index (χ4v) is 5.18. The predicted molar refractivity (Wildman–Crippen MR) is 162 cm³/mol. The molecule has 0 amide bonds. The number of benzene rings is 3. The van der Waals surface area contributed by atoms with Crippen molar-refractivity contribution in [2.75, 3.05) is 6.61 Å². The number of phenols is 4. The third-order valence-corrected chi connectivity index (χ3v) is 7.50. The maximum atomic E-state index is 12.9. The second kappa shape index (κ2) is 13.8. The van der Waals surface area contributed by atoms with Gasteiger partial charge in [0.1, 0.15) is 29.6 Å². The van der Waals surface area contributed by atoms with E-state index in [0.29, 0.717) is 24.2 Å². The zero-order valence-electron chi connectivity index (χ0n) is 24.3. The number of aliphatic hydroxyl groups excluding tert-OH is 2. The highest BCUT2D eigenvalue weighted by Gasteiger charge is 2.32. The van der Waals surface area contributed by atoms with Crippen LogP contribution in [-0.2, 0) is 17.8 Å². The van der Waals surface area contributed by atoms with E-state index in [1.165, 1.54) is 30.3 Å². The summed E-state index contributed by atoms with van der Waals surface area (Å²) in [4.78, 5) is 26.9. The van der Waals surface area contributed by atoms with Crippen LogP contribution in [0.15, 0.2) is 76.6 Å². The van der Waals surface area contributed by atoms with Gasteiger partial charge in [-0.1, -0.05) is 24.3 Å². The van der Waals surface area contributed by atoms with Gasteiger partial charge in [0.15, 0.2) is 11.5 Å². The van der Waals surface area contributed by atoms with Gasteiger partial charge >= 0.3 is 5.69 Å². The minimum absolute atomic E-state index is 0.101. The number of nitrogens with one attached hydrogen (secondary N) is 2. The highest BCUT2D eigenvalue weighted by molar-refractivity contribution is 5.82. The predicted octanol–water partition coefficient (Wildman–Crippen LogP) is 3.19. The molecule has 0 spiro atoms. The topological polar surface area (TPSA) is 210 Å². The average Bonchev–Trinajstić information content (AvgIpc) is 3.72. The maximum Gasteiger partial charge on any atom is 0.330 e. The number of phenolic OH excluding ortho intramolecular Hbond substituents is 4. The van der Waals surface area contributed by atoms with Crippen LogP contribution < -0.4 is 16.0 Å². The number of aromatic amines is 2. The molecule has 7 rings (SSSR count). The van der Waals surface area contributed by atoms with E-state index in [1.807, 2.05) is 35.4 Å². The number of rotatable bonds is 3. The second-order valence-electron chi connectivity index (χ2n) is 10.6. The second-order valence-corrected chi connectivity index (χ2v) is 10.6. The summed E-state index contributed by atoms with van der Waals surface area (Å²) in [6.07, 6.45) is 2.20. The van der Waals surface area contributed by atoms with Crippen LogP contribution in [0.4, 0.5) is 4.39 Å². The van der Waals surface area contributed by atoms with E-state index >= 15 is 0 Å². The lowest BCUT2D eigenvalue weighted by atomic mass is 9.94. The van der Waals surface area contributed by atoms with E-state index in [2.05, 4.69) is 4.98 Å². The minimum Gasteiger partial charge on any atom is -0.508 e. The van der Waals surface area contributed by atoms with Crippen LogP contribution >= 0.6 is 0 Å². The Kier molecular flexibility index (Phi) is 9.61. The number of H-pyrrole nitrogens is 2. The summed E-state index contributed by atoms with van der Waals surface area (Å²) in [5.41, 5.74) is 1.30. The molecule has 3 atom stereocenters. The molecule has 46 heavy (non-hydrogen) atoms. The quantitative estimate of drug-likeness (QED) is 0.135.